The zero-order valence-corrected chi connectivity index (χ0v) is 10.3. The van der Waals surface area contributed by atoms with Gasteiger partial charge in [-0.15, -0.1) is 0 Å². The minimum Gasteiger partial charge on any atom is -0.370 e. The number of aromatic nitrogens is 3. The molecule has 3 rings (SSSR count). The molecule has 5 nitrogen and oxygen atoms in total. The maximum absolute atomic E-state index is 4.46. The van der Waals surface area contributed by atoms with Crippen molar-refractivity contribution in [2.75, 3.05) is 25.0 Å². The van der Waals surface area contributed by atoms with E-state index in [4.69, 9.17) is 0 Å². The van der Waals surface area contributed by atoms with Crippen LogP contribution in [0.1, 0.15) is 12.8 Å². The monoisotopic (exact) mass is 243 g/mol. The lowest BCUT2D eigenvalue weighted by molar-refractivity contribution is 0.389. The second-order valence-corrected chi connectivity index (χ2v) is 4.67. The van der Waals surface area contributed by atoms with Crippen molar-refractivity contribution in [3.63, 3.8) is 0 Å². The van der Waals surface area contributed by atoms with Crippen LogP contribution in [-0.4, -0.2) is 34.6 Å². The van der Waals surface area contributed by atoms with Gasteiger partial charge in [0.05, 0.1) is 0 Å². The van der Waals surface area contributed by atoms with Crippen LogP contribution in [0.15, 0.2) is 24.5 Å². The first-order chi connectivity index (χ1) is 8.92. The van der Waals surface area contributed by atoms with E-state index in [1.165, 1.54) is 12.8 Å². The molecule has 2 aromatic heterocycles. The maximum atomic E-state index is 4.46. The van der Waals surface area contributed by atoms with Gasteiger partial charge in [0.1, 0.15) is 11.3 Å². The number of nitrogens with zero attached hydrogens (tertiary/aromatic N) is 3. The zero-order chi connectivity index (χ0) is 12.2. The van der Waals surface area contributed by atoms with Gasteiger partial charge in [0, 0.05) is 18.9 Å². The number of anilines is 1. The Kier molecular flexibility index (Phi) is 3.32. The van der Waals surface area contributed by atoms with E-state index in [9.17, 15) is 0 Å². The summed E-state index contributed by atoms with van der Waals surface area (Å²) in [5.41, 5.74) is 1.54. The van der Waals surface area contributed by atoms with Crippen LogP contribution in [0.3, 0.4) is 0 Å². The molecule has 2 N–H and O–H groups in total. The lowest BCUT2D eigenvalue weighted by Gasteiger charge is -2.22. The van der Waals surface area contributed by atoms with Crippen LogP contribution in [-0.2, 0) is 0 Å². The topological polar surface area (TPSA) is 62.7 Å². The lowest BCUT2D eigenvalue weighted by Crippen LogP contribution is -2.31. The normalized spacial score (nSPS) is 16.9. The van der Waals surface area contributed by atoms with E-state index >= 15 is 0 Å². The van der Waals surface area contributed by atoms with Crippen molar-refractivity contribution >= 4 is 17.0 Å². The van der Waals surface area contributed by atoms with E-state index in [1.54, 1.807) is 12.4 Å². The summed E-state index contributed by atoms with van der Waals surface area (Å²) in [6.07, 6.45) is 5.83. The van der Waals surface area contributed by atoms with Crippen LogP contribution in [0.25, 0.3) is 11.2 Å². The molecule has 1 fully saturated rings. The van der Waals surface area contributed by atoms with Crippen LogP contribution in [0.2, 0.25) is 0 Å². The number of rotatable bonds is 3. The molecule has 0 bridgehead atoms. The molecule has 94 valence electrons. The number of fused-ring (bicyclic) bond motifs is 1. The minimum absolute atomic E-state index is 0.702. The Bertz CT molecular complexity index is 522. The second kappa shape index (κ2) is 5.27. The molecule has 0 aliphatic carbocycles. The van der Waals surface area contributed by atoms with Crippen molar-refractivity contribution in [2.45, 2.75) is 12.8 Å². The molecule has 0 atom stereocenters. The Hall–Kier alpha value is -1.75. The number of pyridine rings is 1. The predicted octanol–water partition coefficient (Wildman–Crippen LogP) is 1.44. The Morgan fingerprint density at radius 3 is 2.89 bits per heavy atom. The molecule has 5 heteroatoms. The quantitative estimate of drug-likeness (QED) is 0.854. The summed E-state index contributed by atoms with van der Waals surface area (Å²) >= 11 is 0. The summed E-state index contributed by atoms with van der Waals surface area (Å²) in [5, 5.41) is 6.78. The molecule has 0 amide bonds. The van der Waals surface area contributed by atoms with E-state index in [0.29, 0.717) is 5.65 Å². The molecule has 0 aromatic carbocycles. The van der Waals surface area contributed by atoms with Crippen molar-refractivity contribution < 1.29 is 0 Å². The van der Waals surface area contributed by atoms with E-state index in [2.05, 4.69) is 25.6 Å². The van der Waals surface area contributed by atoms with Gasteiger partial charge >= 0.3 is 0 Å². The van der Waals surface area contributed by atoms with Crippen molar-refractivity contribution in [3.8, 4) is 0 Å². The second-order valence-electron chi connectivity index (χ2n) is 4.67. The fraction of sp³-hybridized carbons (Fsp3) is 0.462. The molecule has 1 aliphatic heterocycles. The maximum Gasteiger partial charge on any atom is 0.180 e. The van der Waals surface area contributed by atoms with Gasteiger partial charge in [-0.2, -0.15) is 0 Å². The smallest absolute Gasteiger partial charge is 0.180 e. The summed E-state index contributed by atoms with van der Waals surface area (Å²) in [6, 6.07) is 3.93. The van der Waals surface area contributed by atoms with E-state index in [-0.39, 0.29) is 0 Å². The highest BCUT2D eigenvalue weighted by molar-refractivity contribution is 5.71. The molecule has 0 radical (unpaired) electrons. The predicted molar refractivity (Wildman–Crippen MR) is 71.4 cm³/mol. The summed E-state index contributed by atoms with van der Waals surface area (Å²) in [4.78, 5) is 12.9. The van der Waals surface area contributed by atoms with Gasteiger partial charge in [-0.05, 0) is 44.0 Å². The number of nitrogens with one attached hydrogen (secondary N) is 2. The third-order valence-corrected chi connectivity index (χ3v) is 3.36. The first kappa shape index (κ1) is 11.3. The van der Waals surface area contributed by atoms with Crippen LogP contribution in [0.4, 0.5) is 5.82 Å². The highest BCUT2D eigenvalue weighted by Crippen LogP contribution is 2.14. The molecule has 0 spiro atoms. The van der Waals surface area contributed by atoms with Gasteiger partial charge in [0.25, 0.3) is 0 Å². The van der Waals surface area contributed by atoms with Gasteiger partial charge in [-0.3, -0.25) is 4.98 Å². The minimum atomic E-state index is 0.702. The highest BCUT2D eigenvalue weighted by atomic mass is 15.0. The molecule has 0 unspecified atom stereocenters. The molecular weight excluding hydrogens is 226 g/mol. The molecule has 1 aliphatic rings. The number of hydrogen-bond acceptors (Lipinski definition) is 5. The molecule has 3 heterocycles. The van der Waals surface area contributed by atoms with Gasteiger partial charge in [0.2, 0.25) is 0 Å². The molecule has 18 heavy (non-hydrogen) atoms. The Morgan fingerprint density at radius 1 is 1.17 bits per heavy atom. The fourth-order valence-electron chi connectivity index (χ4n) is 2.29. The largest absolute Gasteiger partial charge is 0.370 e. The van der Waals surface area contributed by atoms with E-state index in [1.807, 2.05) is 12.1 Å². The van der Waals surface area contributed by atoms with Crippen LogP contribution >= 0.6 is 0 Å². The van der Waals surface area contributed by atoms with Crippen molar-refractivity contribution in [2.24, 2.45) is 5.92 Å². The zero-order valence-electron chi connectivity index (χ0n) is 10.3. The van der Waals surface area contributed by atoms with Crippen LogP contribution in [0, 0.1) is 5.92 Å². The summed E-state index contributed by atoms with van der Waals surface area (Å²) in [5.74, 6) is 1.63. The summed E-state index contributed by atoms with van der Waals surface area (Å²) in [6.45, 7) is 3.24. The van der Waals surface area contributed by atoms with Crippen LogP contribution in [0.5, 0.6) is 0 Å². The Morgan fingerprint density at radius 2 is 2.00 bits per heavy atom. The molecule has 0 saturated carbocycles. The third-order valence-electron chi connectivity index (χ3n) is 3.36. The van der Waals surface area contributed by atoms with Gasteiger partial charge < -0.3 is 10.6 Å². The Labute approximate surface area is 106 Å². The standard InChI is InChI=1S/C13H17N5/c1-2-12(17-9-10-3-5-14-6-4-10)18-13-11(1)15-7-8-16-13/h1-2,7-8,10,14H,3-6,9H2,(H,16,17,18). The number of hydrogen-bond donors (Lipinski definition) is 2. The molecule has 2 aromatic rings. The van der Waals surface area contributed by atoms with Gasteiger partial charge in [0.15, 0.2) is 5.65 Å². The first-order valence-electron chi connectivity index (χ1n) is 6.44. The van der Waals surface area contributed by atoms with Gasteiger partial charge in [-0.1, -0.05) is 0 Å². The van der Waals surface area contributed by atoms with Crippen molar-refractivity contribution in [3.05, 3.63) is 24.5 Å². The van der Waals surface area contributed by atoms with Crippen LogP contribution < -0.4 is 10.6 Å². The average molecular weight is 243 g/mol. The summed E-state index contributed by atoms with van der Waals surface area (Å²) < 4.78 is 0. The van der Waals surface area contributed by atoms with Gasteiger partial charge in [-0.25, -0.2) is 9.97 Å². The van der Waals surface area contributed by atoms with E-state index in [0.717, 1.165) is 36.9 Å². The third kappa shape index (κ3) is 2.56. The van der Waals surface area contributed by atoms with Crippen molar-refractivity contribution in [1.29, 1.82) is 0 Å². The average Bonchev–Trinajstić information content (AvgIpc) is 2.46. The van der Waals surface area contributed by atoms with Crippen molar-refractivity contribution in [1.82, 2.24) is 20.3 Å². The van der Waals surface area contributed by atoms with E-state index < -0.39 is 0 Å². The Balaban J connectivity index is 1.66. The fourth-order valence-corrected chi connectivity index (χ4v) is 2.29. The molecular formula is C13H17N5. The first-order valence-corrected chi connectivity index (χ1v) is 6.44. The number of piperidine rings is 1. The highest BCUT2D eigenvalue weighted by Gasteiger charge is 2.12. The lowest BCUT2D eigenvalue weighted by atomic mass is 9.98. The SMILES string of the molecule is c1cnc2nc(NCC3CCNCC3)ccc2n1. The molecule has 1 saturated heterocycles. The summed E-state index contributed by atoms with van der Waals surface area (Å²) in [7, 11) is 0.